The molecule has 1 aliphatic heterocycles. The molecule has 2 N–H and O–H groups in total. The molecule has 142 valence electrons. The van der Waals surface area contributed by atoms with Gasteiger partial charge in [-0.1, -0.05) is 11.6 Å². The van der Waals surface area contributed by atoms with Gasteiger partial charge in [-0.05, 0) is 29.8 Å². The number of rotatable bonds is 5. The zero-order valence-electron chi connectivity index (χ0n) is 14.0. The van der Waals surface area contributed by atoms with Gasteiger partial charge in [0.25, 0.3) is 0 Å². The van der Waals surface area contributed by atoms with Crippen LogP contribution in [0.15, 0.2) is 30.3 Å². The first-order valence-corrected chi connectivity index (χ1v) is 8.40. The predicted octanol–water partition coefficient (Wildman–Crippen LogP) is 2.69. The van der Waals surface area contributed by atoms with Crippen molar-refractivity contribution in [2.24, 2.45) is 0 Å². The average Bonchev–Trinajstić information content (AvgIpc) is 2.63. The van der Waals surface area contributed by atoms with Gasteiger partial charge in [-0.25, -0.2) is 8.78 Å². The highest BCUT2D eigenvalue weighted by Crippen LogP contribution is 2.38. The molecule has 6 nitrogen and oxygen atoms in total. The van der Waals surface area contributed by atoms with Crippen molar-refractivity contribution >= 4 is 29.1 Å². The third-order valence-corrected chi connectivity index (χ3v) is 3.95. The molecule has 0 unspecified atom stereocenters. The molecule has 0 spiro atoms. The lowest BCUT2D eigenvalue weighted by atomic mass is 10.1. The summed E-state index contributed by atoms with van der Waals surface area (Å²) in [5, 5.41) is 5.14. The number of nitrogens with one attached hydrogen (secondary N) is 2. The maximum absolute atomic E-state index is 13.1. The second kappa shape index (κ2) is 8.22. The van der Waals surface area contributed by atoms with E-state index in [0.29, 0.717) is 35.3 Å². The number of carbonyl (C=O) groups is 2. The lowest BCUT2D eigenvalue weighted by molar-refractivity contribution is -0.123. The molecule has 0 saturated heterocycles. The zero-order valence-corrected chi connectivity index (χ0v) is 14.7. The molecule has 2 aromatic rings. The fraction of sp³-hybridized carbons (Fsp3) is 0.222. The van der Waals surface area contributed by atoms with Crippen LogP contribution in [-0.4, -0.2) is 31.6 Å². The minimum absolute atomic E-state index is 0.0190. The van der Waals surface area contributed by atoms with E-state index in [4.69, 9.17) is 21.1 Å². The smallest absolute Gasteiger partial charge is 0.243 e. The lowest BCUT2D eigenvalue weighted by Gasteiger charge is -2.20. The van der Waals surface area contributed by atoms with Crippen LogP contribution in [0.5, 0.6) is 11.5 Å². The van der Waals surface area contributed by atoms with Crippen molar-refractivity contribution in [2.45, 2.75) is 6.42 Å². The van der Waals surface area contributed by atoms with E-state index in [1.807, 2.05) is 0 Å². The molecule has 0 aliphatic carbocycles. The molecule has 0 radical (unpaired) electrons. The topological polar surface area (TPSA) is 76.7 Å². The molecule has 0 bridgehead atoms. The number of anilines is 1. The van der Waals surface area contributed by atoms with Crippen molar-refractivity contribution in [1.82, 2.24) is 5.32 Å². The van der Waals surface area contributed by atoms with E-state index in [2.05, 4.69) is 10.6 Å². The minimum atomic E-state index is -1.08. The second-order valence-corrected chi connectivity index (χ2v) is 6.14. The van der Waals surface area contributed by atoms with Gasteiger partial charge >= 0.3 is 0 Å². The molecule has 0 fully saturated rings. The number of halogens is 3. The van der Waals surface area contributed by atoms with Crippen molar-refractivity contribution in [2.75, 3.05) is 25.1 Å². The second-order valence-electron chi connectivity index (χ2n) is 5.73. The van der Waals surface area contributed by atoms with E-state index < -0.39 is 23.4 Å². The van der Waals surface area contributed by atoms with E-state index in [-0.39, 0.29) is 18.7 Å². The summed E-state index contributed by atoms with van der Waals surface area (Å²) in [5.74, 6) is -2.17. The van der Waals surface area contributed by atoms with Crippen LogP contribution in [0.2, 0.25) is 5.02 Å². The van der Waals surface area contributed by atoms with Gasteiger partial charge in [0.1, 0.15) is 13.2 Å². The minimum Gasteiger partial charge on any atom is -0.486 e. The molecule has 2 aromatic carbocycles. The number of hydrogen-bond acceptors (Lipinski definition) is 4. The van der Waals surface area contributed by atoms with Crippen LogP contribution >= 0.6 is 11.6 Å². The highest BCUT2D eigenvalue weighted by molar-refractivity contribution is 6.32. The monoisotopic (exact) mass is 396 g/mol. The first kappa shape index (κ1) is 18.9. The molecule has 3 rings (SSSR count). The first-order valence-electron chi connectivity index (χ1n) is 8.02. The average molecular weight is 397 g/mol. The predicted molar refractivity (Wildman–Crippen MR) is 94.1 cm³/mol. The quantitative estimate of drug-likeness (QED) is 0.814. The van der Waals surface area contributed by atoms with Gasteiger partial charge in [-0.3, -0.25) is 9.59 Å². The fourth-order valence-corrected chi connectivity index (χ4v) is 2.76. The van der Waals surface area contributed by atoms with E-state index in [9.17, 15) is 18.4 Å². The molecule has 1 aliphatic rings. The standard InChI is InChI=1S/C18H15ClF2N2O4/c19-12-5-10(6-15-18(12)27-4-3-26-15)7-16(24)22-9-17(25)23-11-1-2-13(20)14(21)8-11/h1-2,5-6,8H,3-4,7,9H2,(H,22,24)(H,23,25). The van der Waals surface area contributed by atoms with Crippen LogP contribution < -0.4 is 20.1 Å². The molecular weight excluding hydrogens is 382 g/mol. The summed E-state index contributed by atoms with van der Waals surface area (Å²) in [7, 11) is 0. The Labute approximate surface area is 158 Å². The summed E-state index contributed by atoms with van der Waals surface area (Å²) in [6.45, 7) is 0.471. The largest absolute Gasteiger partial charge is 0.486 e. The van der Waals surface area contributed by atoms with Crippen molar-refractivity contribution in [1.29, 1.82) is 0 Å². The van der Waals surface area contributed by atoms with Crippen molar-refractivity contribution in [3.05, 3.63) is 52.6 Å². The van der Waals surface area contributed by atoms with Crippen LogP contribution in [0.1, 0.15) is 5.56 Å². The Bertz CT molecular complexity index is 892. The van der Waals surface area contributed by atoms with E-state index in [1.54, 1.807) is 12.1 Å². The SMILES string of the molecule is O=C(Cc1cc(Cl)c2c(c1)OCCO2)NCC(=O)Nc1ccc(F)c(F)c1. The summed E-state index contributed by atoms with van der Waals surface area (Å²) >= 11 is 6.11. The Morgan fingerprint density at radius 3 is 2.59 bits per heavy atom. The fourth-order valence-electron chi connectivity index (χ4n) is 2.47. The molecule has 0 aromatic heterocycles. The van der Waals surface area contributed by atoms with Gasteiger partial charge in [0.15, 0.2) is 23.1 Å². The van der Waals surface area contributed by atoms with Crippen LogP contribution in [0.25, 0.3) is 0 Å². The summed E-state index contributed by atoms with van der Waals surface area (Å²) in [5.41, 5.74) is 0.689. The highest BCUT2D eigenvalue weighted by atomic mass is 35.5. The molecule has 0 saturated carbocycles. The Morgan fingerprint density at radius 1 is 1.04 bits per heavy atom. The molecule has 1 heterocycles. The van der Waals surface area contributed by atoms with Crippen molar-refractivity contribution in [3.63, 3.8) is 0 Å². The Morgan fingerprint density at radius 2 is 1.81 bits per heavy atom. The van der Waals surface area contributed by atoms with E-state index in [1.165, 1.54) is 6.07 Å². The molecule has 0 atom stereocenters. The van der Waals surface area contributed by atoms with Crippen LogP contribution in [-0.2, 0) is 16.0 Å². The van der Waals surface area contributed by atoms with Crippen LogP contribution in [0.3, 0.4) is 0 Å². The molecule has 9 heteroatoms. The Hall–Kier alpha value is -2.87. The van der Waals surface area contributed by atoms with Gasteiger partial charge in [0.2, 0.25) is 11.8 Å². The summed E-state index contributed by atoms with van der Waals surface area (Å²) in [6.07, 6.45) is -0.0190. The Balaban J connectivity index is 1.53. The lowest BCUT2D eigenvalue weighted by Crippen LogP contribution is -2.33. The van der Waals surface area contributed by atoms with Crippen LogP contribution in [0.4, 0.5) is 14.5 Å². The number of ether oxygens (including phenoxy) is 2. The normalized spacial score (nSPS) is 12.4. The summed E-state index contributed by atoms with van der Waals surface area (Å²) < 4.78 is 36.8. The van der Waals surface area contributed by atoms with Gasteiger partial charge in [-0.15, -0.1) is 0 Å². The van der Waals surface area contributed by atoms with Gasteiger partial charge in [0.05, 0.1) is 18.0 Å². The highest BCUT2D eigenvalue weighted by Gasteiger charge is 2.18. The maximum atomic E-state index is 13.1. The van der Waals surface area contributed by atoms with E-state index in [0.717, 1.165) is 12.1 Å². The van der Waals surface area contributed by atoms with Gasteiger partial charge < -0.3 is 20.1 Å². The third-order valence-electron chi connectivity index (χ3n) is 3.67. The molecular formula is C18H15ClF2N2O4. The third kappa shape index (κ3) is 4.85. The van der Waals surface area contributed by atoms with Gasteiger partial charge in [-0.2, -0.15) is 0 Å². The van der Waals surface area contributed by atoms with Crippen molar-refractivity contribution in [3.8, 4) is 11.5 Å². The number of hydrogen-bond donors (Lipinski definition) is 2. The summed E-state index contributed by atoms with van der Waals surface area (Å²) in [4.78, 5) is 23.8. The first-order chi connectivity index (χ1) is 12.9. The maximum Gasteiger partial charge on any atom is 0.243 e. The van der Waals surface area contributed by atoms with Crippen LogP contribution in [0, 0.1) is 11.6 Å². The number of carbonyl (C=O) groups excluding carboxylic acids is 2. The van der Waals surface area contributed by atoms with Crippen molar-refractivity contribution < 1.29 is 27.8 Å². The zero-order chi connectivity index (χ0) is 19.4. The van der Waals surface area contributed by atoms with Gasteiger partial charge in [0, 0.05) is 11.8 Å². The Kier molecular flexibility index (Phi) is 5.75. The molecule has 27 heavy (non-hydrogen) atoms. The number of amides is 2. The number of benzene rings is 2. The number of fused-ring (bicyclic) bond motifs is 1. The summed E-state index contributed by atoms with van der Waals surface area (Å²) in [6, 6.07) is 6.22. The molecule has 2 amide bonds. The van der Waals surface area contributed by atoms with E-state index >= 15 is 0 Å².